The van der Waals surface area contributed by atoms with Crippen molar-refractivity contribution in [2.45, 2.75) is 27.2 Å². The summed E-state index contributed by atoms with van der Waals surface area (Å²) in [5.74, 6) is 1.23. The summed E-state index contributed by atoms with van der Waals surface area (Å²) in [6.45, 7) is 7.59. The highest BCUT2D eigenvalue weighted by atomic mass is 32.1. The maximum absolute atomic E-state index is 10.4. The molecule has 2 N–H and O–H groups in total. The van der Waals surface area contributed by atoms with Crippen molar-refractivity contribution in [2.24, 2.45) is 5.92 Å². The van der Waals surface area contributed by atoms with Crippen molar-refractivity contribution in [1.29, 1.82) is 5.41 Å². The zero-order valence-electron chi connectivity index (χ0n) is 14.3. The number of amidine groups is 1. The highest BCUT2D eigenvalue weighted by Gasteiger charge is 2.30. The number of hydrogen-bond acceptors (Lipinski definition) is 4. The number of nitrogens with one attached hydrogen (secondary N) is 1. The summed E-state index contributed by atoms with van der Waals surface area (Å²) in [5, 5.41) is 19.6. The van der Waals surface area contributed by atoms with Crippen LogP contribution in [0.15, 0.2) is 36.1 Å². The second-order valence-corrected chi connectivity index (χ2v) is 7.77. The molecule has 2 aromatic rings. The largest absolute Gasteiger partial charge is 0.510 e. The van der Waals surface area contributed by atoms with Gasteiger partial charge in [0.25, 0.3) is 0 Å². The lowest BCUT2D eigenvalue weighted by Gasteiger charge is -2.19. The van der Waals surface area contributed by atoms with E-state index in [4.69, 9.17) is 10.4 Å². The van der Waals surface area contributed by atoms with E-state index in [0.29, 0.717) is 23.9 Å². The van der Waals surface area contributed by atoms with Gasteiger partial charge in [-0.25, -0.2) is 4.98 Å². The second-order valence-electron chi connectivity index (χ2n) is 6.56. The van der Waals surface area contributed by atoms with Gasteiger partial charge in [-0.1, -0.05) is 44.2 Å². The molecule has 4 nitrogen and oxygen atoms in total. The van der Waals surface area contributed by atoms with Gasteiger partial charge in [0.05, 0.1) is 17.8 Å². The van der Waals surface area contributed by atoms with E-state index in [1.54, 1.807) is 11.3 Å². The summed E-state index contributed by atoms with van der Waals surface area (Å²) in [6, 6.07) is 10.1. The molecule has 0 fully saturated rings. The van der Waals surface area contributed by atoms with Crippen LogP contribution in [0.4, 0.5) is 0 Å². The summed E-state index contributed by atoms with van der Waals surface area (Å²) in [7, 11) is 0. The fourth-order valence-corrected chi connectivity index (χ4v) is 3.83. The summed E-state index contributed by atoms with van der Waals surface area (Å²) in [6.07, 6.45) is 1.01. The topological polar surface area (TPSA) is 60.2 Å². The quantitative estimate of drug-likeness (QED) is 0.827. The zero-order valence-corrected chi connectivity index (χ0v) is 15.2. The van der Waals surface area contributed by atoms with Crippen molar-refractivity contribution >= 4 is 22.7 Å². The van der Waals surface area contributed by atoms with Gasteiger partial charge in [-0.3, -0.25) is 5.41 Å². The van der Waals surface area contributed by atoms with Gasteiger partial charge in [0.2, 0.25) is 0 Å². The number of aromatic nitrogens is 1. The molecule has 5 heteroatoms. The lowest BCUT2D eigenvalue weighted by Crippen LogP contribution is -2.28. The Morgan fingerprint density at radius 2 is 2.00 bits per heavy atom. The number of thiazole rings is 1. The SMILES string of the molecule is Cc1sc(C2=C(O)CN(CCC(C)C)C2=N)nc1-c1ccccc1. The van der Waals surface area contributed by atoms with Crippen molar-refractivity contribution in [3.05, 3.63) is 46.0 Å². The summed E-state index contributed by atoms with van der Waals surface area (Å²) in [4.78, 5) is 7.76. The Morgan fingerprint density at radius 3 is 2.67 bits per heavy atom. The Bertz CT molecular complexity index is 777. The van der Waals surface area contributed by atoms with Crippen molar-refractivity contribution in [2.75, 3.05) is 13.1 Å². The minimum absolute atomic E-state index is 0.261. The van der Waals surface area contributed by atoms with Crippen LogP contribution in [-0.2, 0) is 0 Å². The summed E-state index contributed by atoms with van der Waals surface area (Å²) < 4.78 is 0. The Kier molecular flexibility index (Phi) is 4.71. The molecule has 1 aromatic heterocycles. The Hall–Kier alpha value is -2.14. The summed E-state index contributed by atoms with van der Waals surface area (Å²) >= 11 is 1.54. The summed E-state index contributed by atoms with van der Waals surface area (Å²) in [5.41, 5.74) is 2.59. The fourth-order valence-electron chi connectivity index (χ4n) is 2.83. The van der Waals surface area contributed by atoms with Gasteiger partial charge in [-0.15, -0.1) is 11.3 Å². The maximum atomic E-state index is 10.4. The van der Waals surface area contributed by atoms with E-state index in [0.717, 1.165) is 34.1 Å². The van der Waals surface area contributed by atoms with Crippen molar-refractivity contribution in [1.82, 2.24) is 9.88 Å². The number of hydrogen-bond donors (Lipinski definition) is 2. The third kappa shape index (κ3) is 3.22. The molecule has 0 aliphatic carbocycles. The molecule has 0 amide bonds. The van der Waals surface area contributed by atoms with Gasteiger partial charge in [-0.2, -0.15) is 0 Å². The average molecular weight is 341 g/mol. The van der Waals surface area contributed by atoms with Gasteiger partial charge in [0.1, 0.15) is 16.6 Å². The highest BCUT2D eigenvalue weighted by Crippen LogP contribution is 2.35. The van der Waals surface area contributed by atoms with E-state index in [2.05, 4.69) is 13.8 Å². The van der Waals surface area contributed by atoms with Crippen LogP contribution in [0.1, 0.15) is 30.2 Å². The molecule has 1 aliphatic rings. The van der Waals surface area contributed by atoms with Crippen LogP contribution in [0.2, 0.25) is 0 Å². The lowest BCUT2D eigenvalue weighted by molar-refractivity contribution is 0.337. The van der Waals surface area contributed by atoms with E-state index in [9.17, 15) is 5.11 Å². The van der Waals surface area contributed by atoms with Crippen molar-refractivity contribution in [3.8, 4) is 11.3 Å². The molecule has 0 spiro atoms. The molecule has 3 rings (SSSR count). The molecular weight excluding hydrogens is 318 g/mol. The normalized spacial score (nSPS) is 15.0. The van der Waals surface area contributed by atoms with E-state index in [-0.39, 0.29) is 5.76 Å². The Morgan fingerprint density at radius 1 is 1.29 bits per heavy atom. The van der Waals surface area contributed by atoms with Crippen LogP contribution in [-0.4, -0.2) is 33.9 Å². The minimum atomic E-state index is 0.261. The smallest absolute Gasteiger partial charge is 0.135 e. The second kappa shape index (κ2) is 6.77. The average Bonchev–Trinajstić information content (AvgIpc) is 3.06. The molecule has 0 bridgehead atoms. The number of aliphatic hydroxyl groups excluding tert-OH is 1. The first-order valence-electron chi connectivity index (χ1n) is 8.26. The van der Waals surface area contributed by atoms with Crippen molar-refractivity contribution < 1.29 is 5.11 Å². The number of nitrogens with zero attached hydrogens (tertiary/aromatic N) is 2. The van der Waals surface area contributed by atoms with Gasteiger partial charge < -0.3 is 10.0 Å². The molecule has 1 aromatic carbocycles. The monoisotopic (exact) mass is 341 g/mol. The van der Waals surface area contributed by atoms with E-state index in [1.807, 2.05) is 42.2 Å². The van der Waals surface area contributed by atoms with Gasteiger partial charge >= 0.3 is 0 Å². The number of rotatable bonds is 5. The van der Waals surface area contributed by atoms with E-state index in [1.165, 1.54) is 0 Å². The Balaban J connectivity index is 1.87. The minimum Gasteiger partial charge on any atom is -0.510 e. The van der Waals surface area contributed by atoms with Crippen LogP contribution in [0.5, 0.6) is 0 Å². The molecular formula is C19H23N3OS. The number of benzene rings is 1. The molecule has 1 aliphatic heterocycles. The number of aryl methyl sites for hydroxylation is 1. The third-order valence-electron chi connectivity index (χ3n) is 4.22. The van der Waals surface area contributed by atoms with E-state index >= 15 is 0 Å². The molecule has 24 heavy (non-hydrogen) atoms. The van der Waals surface area contributed by atoms with Crippen LogP contribution >= 0.6 is 11.3 Å². The molecule has 0 unspecified atom stereocenters. The first-order valence-corrected chi connectivity index (χ1v) is 9.08. The zero-order chi connectivity index (χ0) is 17.3. The van der Waals surface area contributed by atoms with Gasteiger partial charge in [-0.05, 0) is 19.3 Å². The lowest BCUT2D eigenvalue weighted by atomic mass is 10.1. The van der Waals surface area contributed by atoms with E-state index < -0.39 is 0 Å². The highest BCUT2D eigenvalue weighted by molar-refractivity contribution is 7.13. The molecule has 126 valence electrons. The first-order chi connectivity index (χ1) is 11.5. The van der Waals surface area contributed by atoms with Gasteiger partial charge in [0.15, 0.2) is 0 Å². The van der Waals surface area contributed by atoms with Crippen LogP contribution in [0.3, 0.4) is 0 Å². The number of aliphatic hydroxyl groups is 1. The molecule has 0 saturated carbocycles. The maximum Gasteiger partial charge on any atom is 0.135 e. The standard InChI is InChI=1S/C19H23N3OS/c1-12(2)9-10-22-11-15(23)16(18(22)20)19-21-17(13(3)24-19)14-7-5-4-6-8-14/h4-8,12,20,23H,9-11H2,1-3H3. The van der Waals surface area contributed by atoms with Crippen LogP contribution in [0, 0.1) is 18.3 Å². The predicted octanol–water partition coefficient (Wildman–Crippen LogP) is 4.73. The molecule has 0 atom stereocenters. The van der Waals surface area contributed by atoms with Gasteiger partial charge in [0, 0.05) is 17.0 Å². The fraction of sp³-hybridized carbons (Fsp3) is 0.368. The Labute approximate surface area is 147 Å². The first kappa shape index (κ1) is 16.7. The molecule has 2 heterocycles. The van der Waals surface area contributed by atoms with Crippen LogP contribution in [0.25, 0.3) is 16.8 Å². The molecule has 0 radical (unpaired) electrons. The molecule has 0 saturated heterocycles. The predicted molar refractivity (Wildman–Crippen MR) is 101 cm³/mol. The third-order valence-corrected chi connectivity index (χ3v) is 5.20. The van der Waals surface area contributed by atoms with Crippen molar-refractivity contribution in [3.63, 3.8) is 0 Å². The van der Waals surface area contributed by atoms with Crippen LogP contribution < -0.4 is 0 Å².